The topological polar surface area (TPSA) is 11.3 Å². The van der Waals surface area contributed by atoms with Crippen molar-refractivity contribution in [1.29, 1.82) is 0 Å². The zero-order chi connectivity index (χ0) is 26.3. The highest BCUT2D eigenvalue weighted by atomic mass is 19.5. The van der Waals surface area contributed by atoms with Crippen LogP contribution in [0.15, 0.2) is 59.0 Å². The zero-order valence-electron chi connectivity index (χ0n) is 21.7. The van der Waals surface area contributed by atoms with E-state index in [1.807, 2.05) is 0 Å². The van der Waals surface area contributed by atoms with E-state index in [4.69, 9.17) is 4.42 Å². The first-order valence-corrected chi connectivity index (χ1v) is 11.8. The van der Waals surface area contributed by atoms with Gasteiger partial charge in [-0.05, 0) is 64.6 Å². The zero-order valence-corrected chi connectivity index (χ0v) is 21.7. The SMILES string of the molecule is Cc1cccc(C)c1-c1c2ccc(C(C)(C)C)cc2[o+]c2cc(C(C)(C)C)ccc12.F[B-](F)(F)F. The summed E-state index contributed by atoms with van der Waals surface area (Å²) in [6.07, 6.45) is 0. The van der Waals surface area contributed by atoms with E-state index in [2.05, 4.69) is 110 Å². The molecule has 0 aliphatic rings. The average molecular weight is 484 g/mol. The number of benzene rings is 3. The van der Waals surface area contributed by atoms with Crippen LogP contribution in [0.1, 0.15) is 63.8 Å². The fraction of sp³-hybridized carbons (Fsp3) is 0.345. The molecular weight excluding hydrogens is 451 g/mol. The summed E-state index contributed by atoms with van der Waals surface area (Å²) < 4.78 is 45.6. The molecule has 3 aromatic carbocycles. The Hall–Kier alpha value is -2.89. The van der Waals surface area contributed by atoms with Crippen LogP contribution in [0.2, 0.25) is 0 Å². The number of hydrogen-bond donors (Lipinski definition) is 0. The van der Waals surface area contributed by atoms with Gasteiger partial charge in [0.1, 0.15) is 0 Å². The van der Waals surface area contributed by atoms with E-state index in [0.717, 1.165) is 11.2 Å². The number of hydrogen-bond acceptors (Lipinski definition) is 0. The van der Waals surface area contributed by atoms with E-state index in [1.165, 1.54) is 44.2 Å². The van der Waals surface area contributed by atoms with Gasteiger partial charge in [-0.1, -0.05) is 71.9 Å². The molecule has 1 nitrogen and oxygen atoms in total. The van der Waals surface area contributed by atoms with Crippen molar-refractivity contribution in [1.82, 2.24) is 0 Å². The van der Waals surface area contributed by atoms with Crippen LogP contribution >= 0.6 is 0 Å². The Kier molecular flexibility index (Phi) is 7.09. The molecule has 0 bridgehead atoms. The standard InChI is InChI=1S/C29H33O.BF4/c1-18-10-9-11-19(2)26(18)27-22-14-12-20(28(3,4)5)16-24(22)30-25-17-21(29(6,7)8)13-15-23(25)27;2-1(3,4)5/h9-17H,1-8H3;/q+1;-1. The maximum absolute atomic E-state index is 9.75. The molecule has 0 radical (unpaired) electrons. The molecule has 0 saturated carbocycles. The minimum absolute atomic E-state index is 0.0741. The van der Waals surface area contributed by atoms with Crippen molar-refractivity contribution >= 4 is 29.2 Å². The molecule has 0 atom stereocenters. The summed E-state index contributed by atoms with van der Waals surface area (Å²) in [7, 11) is -6.00. The number of halogens is 4. The molecule has 4 aromatic rings. The summed E-state index contributed by atoms with van der Waals surface area (Å²) >= 11 is 0. The third-order valence-corrected chi connectivity index (χ3v) is 6.18. The van der Waals surface area contributed by atoms with Crippen molar-refractivity contribution in [3.8, 4) is 11.1 Å². The van der Waals surface area contributed by atoms with Crippen molar-refractivity contribution < 1.29 is 21.7 Å². The van der Waals surface area contributed by atoms with Crippen molar-refractivity contribution in [3.63, 3.8) is 0 Å². The molecule has 0 unspecified atom stereocenters. The number of rotatable bonds is 1. The van der Waals surface area contributed by atoms with Gasteiger partial charge in [-0.25, -0.2) is 4.42 Å². The molecule has 35 heavy (non-hydrogen) atoms. The third-order valence-electron chi connectivity index (χ3n) is 6.18. The van der Waals surface area contributed by atoms with Gasteiger partial charge in [-0.3, -0.25) is 0 Å². The summed E-state index contributed by atoms with van der Waals surface area (Å²) in [4.78, 5) is 0. The Morgan fingerprint density at radius 1 is 0.600 bits per heavy atom. The van der Waals surface area contributed by atoms with Gasteiger partial charge in [0.2, 0.25) is 0 Å². The normalized spacial score (nSPS) is 12.6. The van der Waals surface area contributed by atoms with Gasteiger partial charge in [0.25, 0.3) is 0 Å². The highest BCUT2D eigenvalue weighted by Gasteiger charge is 2.26. The van der Waals surface area contributed by atoms with Crippen LogP contribution < -0.4 is 0 Å². The molecule has 4 rings (SSSR count). The lowest BCUT2D eigenvalue weighted by molar-refractivity contribution is 0.368. The summed E-state index contributed by atoms with van der Waals surface area (Å²) in [5.74, 6) is 0. The molecule has 1 heterocycles. The van der Waals surface area contributed by atoms with E-state index >= 15 is 0 Å². The van der Waals surface area contributed by atoms with Crippen LogP contribution in [-0.2, 0) is 10.8 Å². The molecule has 186 valence electrons. The van der Waals surface area contributed by atoms with Crippen LogP contribution in [0.5, 0.6) is 0 Å². The van der Waals surface area contributed by atoms with Gasteiger partial charge in [0.15, 0.2) is 0 Å². The molecule has 0 N–H and O–H groups in total. The molecule has 0 fully saturated rings. The van der Waals surface area contributed by atoms with Crippen LogP contribution in [0, 0.1) is 13.8 Å². The first kappa shape index (κ1) is 26.7. The predicted molar refractivity (Wildman–Crippen MR) is 141 cm³/mol. The molecule has 0 aliphatic heterocycles. The van der Waals surface area contributed by atoms with Gasteiger partial charge in [0, 0.05) is 17.7 Å². The van der Waals surface area contributed by atoms with E-state index in [-0.39, 0.29) is 10.8 Å². The fourth-order valence-corrected chi connectivity index (χ4v) is 4.30. The molecule has 6 heteroatoms. The Morgan fingerprint density at radius 2 is 0.971 bits per heavy atom. The lowest BCUT2D eigenvalue weighted by atomic mass is 9.84. The second-order valence-corrected chi connectivity index (χ2v) is 11.2. The molecule has 1 aromatic heterocycles. The first-order valence-electron chi connectivity index (χ1n) is 11.8. The smallest absolute Gasteiger partial charge is 0.418 e. The first-order chi connectivity index (χ1) is 16.0. The molecular formula is C29H33BF4O. The number of aryl methyl sites for hydroxylation is 2. The molecule has 0 aliphatic carbocycles. The Balaban J connectivity index is 0.000000623. The summed E-state index contributed by atoms with van der Waals surface area (Å²) in [6, 6.07) is 20.0. The Morgan fingerprint density at radius 3 is 1.31 bits per heavy atom. The summed E-state index contributed by atoms with van der Waals surface area (Å²) in [6.45, 7) is 17.9. The van der Waals surface area contributed by atoms with Crippen LogP contribution in [0.3, 0.4) is 0 Å². The second-order valence-electron chi connectivity index (χ2n) is 11.2. The highest BCUT2D eigenvalue weighted by Crippen LogP contribution is 2.41. The average Bonchev–Trinajstić information content (AvgIpc) is 2.69. The number of fused-ring (bicyclic) bond motifs is 2. The lowest BCUT2D eigenvalue weighted by Crippen LogP contribution is -2.11. The molecule has 0 saturated heterocycles. The van der Waals surface area contributed by atoms with E-state index in [0.29, 0.717) is 0 Å². The molecule has 0 spiro atoms. The van der Waals surface area contributed by atoms with Gasteiger partial charge in [-0.15, -0.1) is 0 Å². The highest BCUT2D eigenvalue weighted by molar-refractivity contribution is 6.50. The molecule has 0 amide bonds. The van der Waals surface area contributed by atoms with Crippen LogP contribution in [0.25, 0.3) is 33.1 Å². The van der Waals surface area contributed by atoms with Gasteiger partial charge >= 0.3 is 18.4 Å². The van der Waals surface area contributed by atoms with Gasteiger partial charge in [0.05, 0.1) is 10.8 Å². The summed E-state index contributed by atoms with van der Waals surface area (Å²) in [5, 5.41) is 2.35. The quantitative estimate of drug-likeness (QED) is 0.113. The van der Waals surface area contributed by atoms with Crippen molar-refractivity contribution in [2.75, 3.05) is 0 Å². The van der Waals surface area contributed by atoms with Crippen molar-refractivity contribution in [2.45, 2.75) is 66.2 Å². The van der Waals surface area contributed by atoms with Crippen LogP contribution in [-0.4, -0.2) is 7.25 Å². The monoisotopic (exact) mass is 484 g/mol. The lowest BCUT2D eigenvalue weighted by Gasteiger charge is -2.20. The predicted octanol–water partition coefficient (Wildman–Crippen LogP) is 10.0. The Labute approximate surface area is 205 Å². The van der Waals surface area contributed by atoms with E-state index in [1.54, 1.807) is 0 Å². The maximum Gasteiger partial charge on any atom is 0.673 e. The third kappa shape index (κ3) is 6.22. The van der Waals surface area contributed by atoms with E-state index < -0.39 is 7.25 Å². The van der Waals surface area contributed by atoms with Crippen molar-refractivity contribution in [3.05, 3.63) is 76.9 Å². The minimum Gasteiger partial charge on any atom is -0.418 e. The van der Waals surface area contributed by atoms with E-state index in [9.17, 15) is 17.3 Å². The van der Waals surface area contributed by atoms with Gasteiger partial charge < -0.3 is 17.3 Å². The van der Waals surface area contributed by atoms with Crippen LogP contribution in [0.4, 0.5) is 17.3 Å². The van der Waals surface area contributed by atoms with Crippen molar-refractivity contribution in [2.24, 2.45) is 0 Å². The second kappa shape index (κ2) is 9.29. The summed E-state index contributed by atoms with van der Waals surface area (Å²) in [5.41, 5.74) is 9.83. The minimum atomic E-state index is -6.00. The maximum atomic E-state index is 9.75. The Bertz CT molecular complexity index is 1280. The largest absolute Gasteiger partial charge is 0.673 e. The van der Waals surface area contributed by atoms with Gasteiger partial charge in [-0.2, -0.15) is 0 Å². The fourth-order valence-electron chi connectivity index (χ4n) is 4.30.